The van der Waals surface area contributed by atoms with Crippen LogP contribution in [0, 0.1) is 0 Å². The lowest BCUT2D eigenvalue weighted by atomic mass is 10.3. The van der Waals surface area contributed by atoms with Crippen LogP contribution in [-0.2, 0) is 19.6 Å². The van der Waals surface area contributed by atoms with E-state index < -0.39 is 12.7 Å². The van der Waals surface area contributed by atoms with Crippen molar-refractivity contribution in [2.24, 2.45) is 0 Å². The highest BCUT2D eigenvalue weighted by Crippen LogP contribution is 2.19. The topological polar surface area (TPSA) is 29.9 Å². The highest BCUT2D eigenvalue weighted by Gasteiger charge is 2.29. The standard InChI is InChI=1S/C7H8F3N3/c8-7(9,10)4-13-3-5-1-11-2-6(5)12-13/h3,11H,1-2,4H2. The van der Waals surface area contributed by atoms with Crippen LogP contribution in [0.2, 0.25) is 0 Å². The van der Waals surface area contributed by atoms with E-state index in [0.717, 1.165) is 15.9 Å². The Bertz CT molecular complexity index is 294. The van der Waals surface area contributed by atoms with Crippen molar-refractivity contribution in [1.82, 2.24) is 15.1 Å². The van der Waals surface area contributed by atoms with Crippen molar-refractivity contribution in [2.45, 2.75) is 25.8 Å². The highest BCUT2D eigenvalue weighted by atomic mass is 19.4. The molecule has 2 rings (SSSR count). The SMILES string of the molecule is FC(F)(F)Cn1cc2c(n1)CNC2. The summed E-state index contributed by atoms with van der Waals surface area (Å²) < 4.78 is 36.7. The summed E-state index contributed by atoms with van der Waals surface area (Å²) in [6, 6.07) is 0. The van der Waals surface area contributed by atoms with Gasteiger partial charge in [-0.2, -0.15) is 18.3 Å². The second kappa shape index (κ2) is 2.73. The molecule has 0 unspecified atom stereocenters. The molecule has 2 heterocycles. The van der Waals surface area contributed by atoms with E-state index in [1.165, 1.54) is 6.20 Å². The lowest BCUT2D eigenvalue weighted by Crippen LogP contribution is -2.18. The largest absolute Gasteiger partial charge is 0.408 e. The van der Waals surface area contributed by atoms with Gasteiger partial charge in [-0.25, -0.2) is 0 Å². The van der Waals surface area contributed by atoms with Gasteiger partial charge in [-0.15, -0.1) is 0 Å². The molecule has 0 spiro atoms. The number of hydrogen-bond acceptors (Lipinski definition) is 2. The van der Waals surface area contributed by atoms with E-state index >= 15 is 0 Å². The lowest BCUT2D eigenvalue weighted by Gasteiger charge is -2.05. The van der Waals surface area contributed by atoms with E-state index in [2.05, 4.69) is 10.4 Å². The molecule has 1 aliphatic heterocycles. The monoisotopic (exact) mass is 191 g/mol. The lowest BCUT2D eigenvalue weighted by molar-refractivity contribution is -0.142. The van der Waals surface area contributed by atoms with E-state index in [4.69, 9.17) is 0 Å². The molecule has 1 aliphatic rings. The fourth-order valence-corrected chi connectivity index (χ4v) is 1.38. The van der Waals surface area contributed by atoms with Gasteiger partial charge in [0, 0.05) is 24.8 Å². The van der Waals surface area contributed by atoms with Crippen molar-refractivity contribution in [3.05, 3.63) is 17.5 Å². The zero-order valence-corrected chi connectivity index (χ0v) is 6.73. The summed E-state index contributed by atoms with van der Waals surface area (Å²) in [5, 5.41) is 6.81. The molecule has 0 fully saturated rings. The number of rotatable bonds is 1. The molecule has 72 valence electrons. The molecular formula is C7H8F3N3. The van der Waals surface area contributed by atoms with Gasteiger partial charge in [0.25, 0.3) is 0 Å². The molecule has 0 aliphatic carbocycles. The zero-order chi connectivity index (χ0) is 9.47. The maximum absolute atomic E-state index is 11.9. The molecule has 0 aromatic carbocycles. The van der Waals surface area contributed by atoms with Crippen molar-refractivity contribution in [3.63, 3.8) is 0 Å². The van der Waals surface area contributed by atoms with Gasteiger partial charge in [0.05, 0.1) is 5.69 Å². The van der Waals surface area contributed by atoms with Gasteiger partial charge in [-0.05, 0) is 0 Å². The number of hydrogen-bond donors (Lipinski definition) is 1. The maximum atomic E-state index is 11.9. The number of nitrogens with one attached hydrogen (secondary N) is 1. The number of nitrogens with zero attached hydrogens (tertiary/aromatic N) is 2. The molecule has 0 saturated carbocycles. The zero-order valence-electron chi connectivity index (χ0n) is 6.73. The van der Waals surface area contributed by atoms with E-state index in [0.29, 0.717) is 13.1 Å². The average Bonchev–Trinajstić information content (AvgIpc) is 2.40. The molecule has 3 nitrogen and oxygen atoms in total. The van der Waals surface area contributed by atoms with Crippen molar-refractivity contribution < 1.29 is 13.2 Å². The first kappa shape index (κ1) is 8.55. The Labute approximate surface area is 72.5 Å². The van der Waals surface area contributed by atoms with Crippen LogP contribution in [0.1, 0.15) is 11.3 Å². The maximum Gasteiger partial charge on any atom is 0.408 e. The Kier molecular flexibility index (Phi) is 1.80. The molecule has 1 N–H and O–H groups in total. The molecule has 0 saturated heterocycles. The molecular weight excluding hydrogens is 183 g/mol. The van der Waals surface area contributed by atoms with Gasteiger partial charge >= 0.3 is 6.18 Å². The molecule has 0 radical (unpaired) electrons. The Morgan fingerprint density at radius 1 is 1.46 bits per heavy atom. The second-order valence-corrected chi connectivity index (χ2v) is 3.02. The molecule has 13 heavy (non-hydrogen) atoms. The summed E-state index contributed by atoms with van der Waals surface area (Å²) in [4.78, 5) is 0. The van der Waals surface area contributed by atoms with Gasteiger partial charge in [0.15, 0.2) is 0 Å². The van der Waals surface area contributed by atoms with Gasteiger partial charge in [0.2, 0.25) is 0 Å². The fraction of sp³-hybridized carbons (Fsp3) is 0.571. The molecule has 1 aromatic heterocycles. The first-order valence-corrected chi connectivity index (χ1v) is 3.87. The fourth-order valence-electron chi connectivity index (χ4n) is 1.38. The first-order chi connectivity index (χ1) is 6.04. The minimum Gasteiger partial charge on any atom is -0.307 e. The molecule has 1 aromatic rings. The third-order valence-electron chi connectivity index (χ3n) is 1.87. The number of halogens is 3. The van der Waals surface area contributed by atoms with E-state index in [9.17, 15) is 13.2 Å². The number of alkyl halides is 3. The second-order valence-electron chi connectivity index (χ2n) is 3.02. The predicted octanol–water partition coefficient (Wildman–Crippen LogP) is 1.05. The summed E-state index contributed by atoms with van der Waals surface area (Å²) in [6.07, 6.45) is -2.74. The Hall–Kier alpha value is -1.04. The first-order valence-electron chi connectivity index (χ1n) is 3.87. The van der Waals surface area contributed by atoms with E-state index in [1.807, 2.05) is 0 Å². The van der Waals surface area contributed by atoms with Gasteiger partial charge in [-0.1, -0.05) is 0 Å². The van der Waals surface area contributed by atoms with Crippen LogP contribution in [0.5, 0.6) is 0 Å². The van der Waals surface area contributed by atoms with Crippen LogP contribution < -0.4 is 5.32 Å². The van der Waals surface area contributed by atoms with E-state index in [1.54, 1.807) is 0 Å². The number of aromatic nitrogens is 2. The van der Waals surface area contributed by atoms with Crippen LogP contribution in [0.4, 0.5) is 13.2 Å². The Morgan fingerprint density at radius 2 is 2.23 bits per heavy atom. The molecule has 0 atom stereocenters. The van der Waals surface area contributed by atoms with Crippen LogP contribution in [0.15, 0.2) is 6.20 Å². The van der Waals surface area contributed by atoms with Crippen molar-refractivity contribution in [3.8, 4) is 0 Å². The third kappa shape index (κ3) is 1.82. The highest BCUT2D eigenvalue weighted by molar-refractivity contribution is 5.20. The van der Waals surface area contributed by atoms with Crippen LogP contribution >= 0.6 is 0 Å². The summed E-state index contributed by atoms with van der Waals surface area (Å²) in [5.74, 6) is 0. The summed E-state index contributed by atoms with van der Waals surface area (Å²) in [7, 11) is 0. The minimum atomic E-state index is -4.19. The minimum absolute atomic E-state index is 0.570. The van der Waals surface area contributed by atoms with Crippen LogP contribution in [0.3, 0.4) is 0 Å². The third-order valence-corrected chi connectivity index (χ3v) is 1.87. The molecule has 0 amide bonds. The van der Waals surface area contributed by atoms with Crippen LogP contribution in [0.25, 0.3) is 0 Å². The average molecular weight is 191 g/mol. The normalized spacial score (nSPS) is 16.2. The number of fused-ring (bicyclic) bond motifs is 1. The smallest absolute Gasteiger partial charge is 0.307 e. The quantitative estimate of drug-likeness (QED) is 0.719. The molecule has 6 heteroatoms. The predicted molar refractivity (Wildman–Crippen MR) is 38.8 cm³/mol. The van der Waals surface area contributed by atoms with Gasteiger partial charge in [-0.3, -0.25) is 4.68 Å². The van der Waals surface area contributed by atoms with Crippen molar-refractivity contribution in [2.75, 3.05) is 0 Å². The van der Waals surface area contributed by atoms with Crippen molar-refractivity contribution in [1.29, 1.82) is 0 Å². The summed E-state index contributed by atoms with van der Waals surface area (Å²) in [5.41, 5.74) is 1.59. The summed E-state index contributed by atoms with van der Waals surface area (Å²) >= 11 is 0. The van der Waals surface area contributed by atoms with Crippen LogP contribution in [-0.4, -0.2) is 16.0 Å². The van der Waals surface area contributed by atoms with Crippen molar-refractivity contribution >= 4 is 0 Å². The Morgan fingerprint density at radius 3 is 2.85 bits per heavy atom. The Balaban J connectivity index is 2.15. The van der Waals surface area contributed by atoms with Gasteiger partial charge < -0.3 is 5.32 Å². The van der Waals surface area contributed by atoms with E-state index in [-0.39, 0.29) is 0 Å². The summed E-state index contributed by atoms with van der Waals surface area (Å²) in [6.45, 7) is 0.188. The van der Waals surface area contributed by atoms with Gasteiger partial charge in [0.1, 0.15) is 6.54 Å². The molecule has 0 bridgehead atoms.